The Morgan fingerprint density at radius 1 is 1.60 bits per heavy atom. The van der Waals surface area contributed by atoms with Crippen LogP contribution in [0.1, 0.15) is 22.4 Å². The van der Waals surface area contributed by atoms with Gasteiger partial charge in [0.1, 0.15) is 15.5 Å². The van der Waals surface area contributed by atoms with E-state index in [9.17, 15) is 4.79 Å². The molecule has 5 heteroatoms. The van der Waals surface area contributed by atoms with Crippen LogP contribution in [0, 0.1) is 6.92 Å². The molecule has 0 bridgehead atoms. The van der Waals surface area contributed by atoms with Gasteiger partial charge in [-0.25, -0.2) is 14.8 Å². The SMILES string of the molecule is CCOC(=O)c1cc2cnc(C)nc2s1. The maximum Gasteiger partial charge on any atom is 0.348 e. The minimum atomic E-state index is -0.293. The van der Waals surface area contributed by atoms with Crippen molar-refractivity contribution in [3.8, 4) is 0 Å². The second kappa shape index (κ2) is 3.94. The summed E-state index contributed by atoms with van der Waals surface area (Å²) < 4.78 is 4.91. The molecular weight excluding hydrogens is 212 g/mol. The molecule has 2 heterocycles. The van der Waals surface area contributed by atoms with Gasteiger partial charge in [-0.1, -0.05) is 0 Å². The van der Waals surface area contributed by atoms with E-state index in [0.717, 1.165) is 10.2 Å². The topological polar surface area (TPSA) is 52.1 Å². The number of fused-ring (bicyclic) bond motifs is 1. The summed E-state index contributed by atoms with van der Waals surface area (Å²) in [6, 6.07) is 1.76. The zero-order valence-corrected chi connectivity index (χ0v) is 9.30. The minimum absolute atomic E-state index is 0.293. The maximum atomic E-state index is 11.4. The van der Waals surface area contributed by atoms with Crippen molar-refractivity contribution in [2.75, 3.05) is 6.61 Å². The highest BCUT2D eigenvalue weighted by Crippen LogP contribution is 2.23. The van der Waals surface area contributed by atoms with E-state index in [1.807, 2.05) is 6.92 Å². The summed E-state index contributed by atoms with van der Waals surface area (Å²) in [5.41, 5.74) is 0. The van der Waals surface area contributed by atoms with Crippen molar-refractivity contribution in [2.45, 2.75) is 13.8 Å². The molecule has 2 rings (SSSR count). The minimum Gasteiger partial charge on any atom is -0.462 e. The van der Waals surface area contributed by atoms with Gasteiger partial charge < -0.3 is 4.74 Å². The van der Waals surface area contributed by atoms with Gasteiger partial charge in [0.25, 0.3) is 0 Å². The number of hydrogen-bond donors (Lipinski definition) is 0. The Labute approximate surface area is 90.9 Å². The monoisotopic (exact) mass is 222 g/mol. The molecule has 0 unspecified atom stereocenters. The van der Waals surface area contributed by atoms with E-state index < -0.39 is 0 Å². The summed E-state index contributed by atoms with van der Waals surface area (Å²) in [6.45, 7) is 4.00. The average molecular weight is 222 g/mol. The summed E-state index contributed by atoms with van der Waals surface area (Å²) in [4.78, 5) is 21.1. The van der Waals surface area contributed by atoms with Gasteiger partial charge in [0.05, 0.1) is 6.61 Å². The molecule has 2 aromatic heterocycles. The van der Waals surface area contributed by atoms with Crippen molar-refractivity contribution in [2.24, 2.45) is 0 Å². The molecule has 0 atom stereocenters. The zero-order chi connectivity index (χ0) is 10.8. The Hall–Kier alpha value is -1.49. The van der Waals surface area contributed by atoms with Crippen LogP contribution in [-0.2, 0) is 4.74 Å². The molecule has 78 valence electrons. The standard InChI is InChI=1S/C10H10N2O2S/c1-3-14-10(13)8-4-7-5-11-6(2)12-9(7)15-8/h4-5H,3H2,1-2H3. The van der Waals surface area contributed by atoms with Crippen LogP contribution in [-0.4, -0.2) is 22.5 Å². The first-order chi connectivity index (χ1) is 7.20. The molecule has 0 spiro atoms. The lowest BCUT2D eigenvalue weighted by Gasteiger charge is -1.95. The molecule has 0 aliphatic heterocycles. The second-order valence-corrected chi connectivity index (χ2v) is 4.04. The lowest BCUT2D eigenvalue weighted by Crippen LogP contribution is -2.01. The Bertz CT molecular complexity index is 507. The molecular formula is C10H10N2O2S. The number of aryl methyl sites for hydroxylation is 1. The number of hydrogen-bond acceptors (Lipinski definition) is 5. The molecule has 0 amide bonds. The van der Waals surface area contributed by atoms with Crippen molar-refractivity contribution in [3.63, 3.8) is 0 Å². The molecule has 0 aliphatic carbocycles. The summed E-state index contributed by atoms with van der Waals surface area (Å²) in [5, 5.41) is 0.883. The third-order valence-electron chi connectivity index (χ3n) is 1.87. The number of carbonyl (C=O) groups is 1. The van der Waals surface area contributed by atoms with Crippen LogP contribution < -0.4 is 0 Å². The molecule has 0 saturated carbocycles. The van der Waals surface area contributed by atoms with E-state index in [1.165, 1.54) is 11.3 Å². The summed E-state index contributed by atoms with van der Waals surface area (Å²) in [7, 11) is 0. The van der Waals surface area contributed by atoms with E-state index in [0.29, 0.717) is 17.3 Å². The normalized spacial score (nSPS) is 10.5. The Morgan fingerprint density at radius 2 is 2.40 bits per heavy atom. The second-order valence-electron chi connectivity index (χ2n) is 3.01. The van der Waals surface area contributed by atoms with Crippen LogP contribution in [0.4, 0.5) is 0 Å². The lowest BCUT2D eigenvalue weighted by atomic mass is 10.3. The smallest absolute Gasteiger partial charge is 0.348 e. The average Bonchev–Trinajstić information content (AvgIpc) is 2.60. The number of esters is 1. The van der Waals surface area contributed by atoms with Crippen LogP contribution in [0.25, 0.3) is 10.2 Å². The molecule has 0 radical (unpaired) electrons. The number of thiophene rings is 1. The molecule has 0 saturated heterocycles. The largest absolute Gasteiger partial charge is 0.462 e. The molecule has 0 aromatic carbocycles. The van der Waals surface area contributed by atoms with E-state index in [2.05, 4.69) is 9.97 Å². The van der Waals surface area contributed by atoms with Crippen LogP contribution in [0.2, 0.25) is 0 Å². The highest BCUT2D eigenvalue weighted by molar-refractivity contribution is 7.20. The molecule has 15 heavy (non-hydrogen) atoms. The predicted octanol–water partition coefficient (Wildman–Crippen LogP) is 2.18. The lowest BCUT2D eigenvalue weighted by molar-refractivity contribution is 0.0532. The van der Waals surface area contributed by atoms with Gasteiger partial charge in [-0.3, -0.25) is 0 Å². The fraction of sp³-hybridized carbons (Fsp3) is 0.300. The zero-order valence-electron chi connectivity index (χ0n) is 8.48. The van der Waals surface area contributed by atoms with Crippen LogP contribution >= 0.6 is 11.3 Å². The van der Waals surface area contributed by atoms with Crippen molar-refractivity contribution >= 4 is 27.5 Å². The van der Waals surface area contributed by atoms with Gasteiger partial charge in [-0.15, -0.1) is 11.3 Å². The summed E-state index contributed by atoms with van der Waals surface area (Å²) in [5.74, 6) is 0.415. The first-order valence-electron chi connectivity index (χ1n) is 4.61. The van der Waals surface area contributed by atoms with E-state index in [1.54, 1.807) is 19.2 Å². The fourth-order valence-electron chi connectivity index (χ4n) is 1.22. The Kier molecular flexibility index (Phi) is 2.64. The third-order valence-corrected chi connectivity index (χ3v) is 2.90. The number of ether oxygens (including phenoxy) is 1. The van der Waals surface area contributed by atoms with Crippen LogP contribution in [0.15, 0.2) is 12.3 Å². The highest BCUT2D eigenvalue weighted by Gasteiger charge is 2.11. The fourth-order valence-corrected chi connectivity index (χ4v) is 2.16. The van der Waals surface area contributed by atoms with Crippen LogP contribution in [0.5, 0.6) is 0 Å². The van der Waals surface area contributed by atoms with Crippen molar-refractivity contribution in [1.29, 1.82) is 0 Å². The Morgan fingerprint density at radius 3 is 3.13 bits per heavy atom. The van der Waals surface area contributed by atoms with Gasteiger partial charge in [0, 0.05) is 11.6 Å². The quantitative estimate of drug-likeness (QED) is 0.731. The molecule has 4 nitrogen and oxygen atoms in total. The summed E-state index contributed by atoms with van der Waals surface area (Å²) in [6.07, 6.45) is 1.72. The van der Waals surface area contributed by atoms with Gasteiger partial charge in [0.15, 0.2) is 0 Å². The van der Waals surface area contributed by atoms with Gasteiger partial charge in [0.2, 0.25) is 0 Å². The number of nitrogens with zero attached hydrogens (tertiary/aromatic N) is 2. The Balaban J connectivity index is 2.42. The number of rotatable bonds is 2. The van der Waals surface area contributed by atoms with Crippen molar-refractivity contribution in [1.82, 2.24) is 9.97 Å². The highest BCUT2D eigenvalue weighted by atomic mass is 32.1. The number of aromatic nitrogens is 2. The number of carbonyl (C=O) groups excluding carboxylic acids is 1. The van der Waals surface area contributed by atoms with Gasteiger partial charge in [-0.05, 0) is 19.9 Å². The van der Waals surface area contributed by atoms with Crippen LogP contribution in [0.3, 0.4) is 0 Å². The molecule has 2 aromatic rings. The first kappa shape index (κ1) is 10.0. The first-order valence-corrected chi connectivity index (χ1v) is 5.42. The molecule has 0 aliphatic rings. The predicted molar refractivity (Wildman–Crippen MR) is 58.1 cm³/mol. The van der Waals surface area contributed by atoms with Crippen molar-refractivity contribution < 1.29 is 9.53 Å². The van der Waals surface area contributed by atoms with Crippen molar-refractivity contribution in [3.05, 3.63) is 23.0 Å². The molecule has 0 fully saturated rings. The maximum absolute atomic E-state index is 11.4. The summed E-state index contributed by atoms with van der Waals surface area (Å²) >= 11 is 1.33. The van der Waals surface area contributed by atoms with E-state index in [-0.39, 0.29) is 5.97 Å². The van der Waals surface area contributed by atoms with Gasteiger partial charge >= 0.3 is 5.97 Å². The van der Waals surface area contributed by atoms with E-state index in [4.69, 9.17) is 4.74 Å². The molecule has 0 N–H and O–H groups in total. The van der Waals surface area contributed by atoms with E-state index >= 15 is 0 Å². The van der Waals surface area contributed by atoms with Gasteiger partial charge in [-0.2, -0.15) is 0 Å². The third kappa shape index (κ3) is 1.97.